The fraction of sp³-hybridized carbons (Fsp3) is 0. The number of fused-ring (bicyclic) bond motifs is 1. The number of halogens is 1. The van der Waals surface area contributed by atoms with E-state index in [2.05, 4.69) is 0 Å². The van der Waals surface area contributed by atoms with Crippen molar-refractivity contribution in [2.75, 3.05) is 0 Å². The highest BCUT2D eigenvalue weighted by atomic mass is 19.1. The van der Waals surface area contributed by atoms with Crippen LogP contribution in [0.5, 0.6) is 11.5 Å². The maximum absolute atomic E-state index is 15.8. The molecule has 0 atom stereocenters. The molecule has 122 valence electrons. The Morgan fingerprint density at radius 1 is 0.720 bits per heavy atom. The molecule has 2 N–H and O–H groups in total. The fourth-order valence-electron chi connectivity index (χ4n) is 2.74. The largest absolute Gasteiger partial charge is 0.507 e. The van der Waals surface area contributed by atoms with Crippen LogP contribution < -0.4 is 0 Å². The lowest BCUT2D eigenvalue weighted by atomic mass is 9.94. The number of aromatic hydroxyl groups is 2. The second-order valence-electron chi connectivity index (χ2n) is 5.34. The lowest BCUT2D eigenvalue weighted by molar-refractivity contribution is 0.453. The minimum atomic E-state index is -0.969. The Kier molecular flexibility index (Phi) is 2.20. The number of hydrogen-bond acceptors (Lipinski definition) is 2. The summed E-state index contributed by atoms with van der Waals surface area (Å²) in [6.07, 6.45) is 0. The molecule has 0 aliphatic heterocycles. The van der Waals surface area contributed by atoms with Crippen LogP contribution in [0.2, 0.25) is 0 Å². The predicted octanol–water partition coefficient (Wildman–Crippen LogP) is 5.72. The van der Waals surface area contributed by atoms with Crippen molar-refractivity contribution < 1.29 is 24.2 Å². The third-order valence-corrected chi connectivity index (χ3v) is 3.87. The lowest BCUT2D eigenvalue weighted by Crippen LogP contribution is -1.91. The summed E-state index contributed by atoms with van der Waals surface area (Å²) in [7, 11) is 0. The summed E-state index contributed by atoms with van der Waals surface area (Å²) in [5, 5.41) is 19.8. The monoisotopic (exact) mass is 337 g/mol. The first-order chi connectivity index (χ1) is 15.1. The van der Waals surface area contributed by atoms with Gasteiger partial charge in [-0.1, -0.05) is 66.6 Å². The van der Waals surface area contributed by atoms with E-state index < -0.39 is 48.1 Å². The van der Waals surface area contributed by atoms with Gasteiger partial charge in [-0.3, -0.25) is 0 Å². The zero-order chi connectivity index (χ0) is 23.5. The van der Waals surface area contributed by atoms with E-state index in [1.807, 2.05) is 0 Å². The quantitative estimate of drug-likeness (QED) is 0.491. The average Bonchev–Trinajstić information content (AvgIpc) is 2.76. The molecular weight excluding hydrogens is 315 g/mol. The van der Waals surface area contributed by atoms with Gasteiger partial charge < -0.3 is 10.2 Å². The highest BCUT2D eigenvalue weighted by Crippen LogP contribution is 2.41. The van der Waals surface area contributed by atoms with E-state index in [0.717, 1.165) is 0 Å². The van der Waals surface area contributed by atoms with Gasteiger partial charge in [0.25, 0.3) is 0 Å². The van der Waals surface area contributed by atoms with Gasteiger partial charge >= 0.3 is 0 Å². The number of phenolic OH excluding ortho intramolecular Hbond substituents is 2. The molecule has 0 aliphatic carbocycles. The molecule has 0 heterocycles. The Balaban J connectivity index is 2.20. The third kappa shape index (κ3) is 2.50. The van der Waals surface area contributed by atoms with E-state index in [0.29, 0.717) is 0 Å². The molecule has 2 nitrogen and oxygen atoms in total. The summed E-state index contributed by atoms with van der Waals surface area (Å²) in [6.45, 7) is 0. The van der Waals surface area contributed by atoms with Crippen molar-refractivity contribution in [2.45, 2.75) is 0 Å². The zero-order valence-corrected chi connectivity index (χ0v) is 12.7. The average molecular weight is 337 g/mol. The van der Waals surface area contributed by atoms with Crippen LogP contribution in [0.15, 0.2) is 78.7 Å². The molecule has 0 aliphatic rings. The van der Waals surface area contributed by atoms with Crippen molar-refractivity contribution >= 4 is 10.8 Å². The molecule has 4 aromatic carbocycles. The normalized spacial score (nSPS) is 14.8. The van der Waals surface area contributed by atoms with E-state index in [1.54, 1.807) is 0 Å². The summed E-state index contributed by atoms with van der Waals surface area (Å²) in [5.74, 6) is -1.74. The van der Waals surface area contributed by atoms with E-state index in [-0.39, 0.29) is 44.5 Å². The molecule has 0 radical (unpaired) electrons. The van der Waals surface area contributed by atoms with Gasteiger partial charge in [0.05, 0.1) is 15.2 Å². The maximum Gasteiger partial charge on any atom is 0.139 e. The molecular formula is C22H15FO2. The number of hydrogen-bond donors (Lipinski definition) is 2. The highest BCUT2D eigenvalue weighted by molar-refractivity contribution is 5.97. The Bertz CT molecular complexity index is 1410. The molecule has 0 unspecified atom stereocenters. The molecule has 0 aromatic heterocycles. The van der Waals surface area contributed by atoms with Crippen molar-refractivity contribution in [1.29, 1.82) is 0 Å². The molecule has 0 spiro atoms. The van der Waals surface area contributed by atoms with Crippen LogP contribution in [0.3, 0.4) is 0 Å². The molecule has 0 bridgehead atoms. The van der Waals surface area contributed by atoms with Crippen LogP contribution >= 0.6 is 0 Å². The van der Waals surface area contributed by atoms with E-state index >= 15 is 4.39 Å². The van der Waals surface area contributed by atoms with Crippen LogP contribution in [0, 0.1) is 5.82 Å². The van der Waals surface area contributed by atoms with Crippen LogP contribution in [0.4, 0.5) is 4.39 Å². The summed E-state index contributed by atoms with van der Waals surface area (Å²) in [4.78, 5) is 0. The zero-order valence-electron chi connectivity index (χ0n) is 19.7. The summed E-state index contributed by atoms with van der Waals surface area (Å²) < 4.78 is 72.8. The van der Waals surface area contributed by atoms with Crippen molar-refractivity contribution in [1.82, 2.24) is 0 Å². The summed E-state index contributed by atoms with van der Waals surface area (Å²) >= 11 is 0. The van der Waals surface area contributed by atoms with Crippen LogP contribution in [-0.4, -0.2) is 10.2 Å². The Hall–Kier alpha value is -3.33. The molecule has 25 heavy (non-hydrogen) atoms. The highest BCUT2D eigenvalue weighted by Gasteiger charge is 2.18. The minimum absolute atomic E-state index is 0.187. The number of phenols is 2. The molecule has 4 rings (SSSR count). The molecule has 3 heteroatoms. The topological polar surface area (TPSA) is 40.5 Å². The van der Waals surface area contributed by atoms with Crippen LogP contribution in [-0.2, 0) is 0 Å². The van der Waals surface area contributed by atoms with Crippen molar-refractivity contribution in [3.63, 3.8) is 0 Å². The fourth-order valence-corrected chi connectivity index (χ4v) is 2.74. The number of benzene rings is 4. The Labute approximate surface area is 154 Å². The Morgan fingerprint density at radius 2 is 1.36 bits per heavy atom. The van der Waals surface area contributed by atoms with Gasteiger partial charge in [-0.25, -0.2) is 4.39 Å². The summed E-state index contributed by atoms with van der Waals surface area (Å²) in [5.41, 5.74) is -0.929. The third-order valence-electron chi connectivity index (χ3n) is 3.87. The van der Waals surface area contributed by atoms with Gasteiger partial charge in [-0.15, -0.1) is 0 Å². The smallest absolute Gasteiger partial charge is 0.139 e. The van der Waals surface area contributed by atoms with Crippen molar-refractivity contribution in [3.05, 3.63) is 84.5 Å². The molecule has 0 amide bonds. The van der Waals surface area contributed by atoms with Crippen LogP contribution in [0.1, 0.15) is 9.60 Å². The standard InChI is InChI=1S/C22H15FO2/c23-22-17(16-9-3-7-14-6-1-2-8-15(14)16)10-4-11-18(22)21-19(24)12-5-13-20(21)25/h1-13,24-25H/i1D,2D,3D,6D,7D,8D,9D. The van der Waals surface area contributed by atoms with Crippen molar-refractivity contribution in [2.24, 2.45) is 0 Å². The Morgan fingerprint density at radius 3 is 2.16 bits per heavy atom. The second-order valence-corrected chi connectivity index (χ2v) is 5.34. The molecule has 4 aromatic rings. The van der Waals surface area contributed by atoms with E-state index in [9.17, 15) is 10.2 Å². The molecule has 0 saturated carbocycles. The second kappa shape index (κ2) is 5.95. The van der Waals surface area contributed by atoms with E-state index in [1.165, 1.54) is 36.4 Å². The first-order valence-electron chi connectivity index (χ1n) is 10.9. The SMILES string of the molecule is [2H]c1c([2H])c([2H])c2c(-c3cccc(-c4c(O)cccc4O)c3F)c([2H])c([2H])c([2H])c2c1[2H]. The van der Waals surface area contributed by atoms with Gasteiger partial charge in [0.15, 0.2) is 0 Å². The summed E-state index contributed by atoms with van der Waals surface area (Å²) in [6, 6.07) is 3.78. The van der Waals surface area contributed by atoms with E-state index in [4.69, 9.17) is 9.60 Å². The van der Waals surface area contributed by atoms with Gasteiger partial charge in [-0.2, -0.15) is 0 Å². The first kappa shape index (κ1) is 9.23. The van der Waals surface area contributed by atoms with Crippen molar-refractivity contribution in [3.8, 4) is 33.8 Å². The molecule has 0 fully saturated rings. The van der Waals surface area contributed by atoms with Gasteiger partial charge in [0.1, 0.15) is 17.3 Å². The van der Waals surface area contributed by atoms with Crippen LogP contribution in [0.25, 0.3) is 33.0 Å². The minimum Gasteiger partial charge on any atom is -0.507 e. The van der Waals surface area contributed by atoms with Gasteiger partial charge in [0, 0.05) is 11.1 Å². The van der Waals surface area contributed by atoms with Gasteiger partial charge in [-0.05, 0) is 28.5 Å². The number of rotatable bonds is 2. The maximum atomic E-state index is 15.8. The predicted molar refractivity (Wildman–Crippen MR) is 98.1 cm³/mol. The lowest BCUT2D eigenvalue weighted by Gasteiger charge is -2.13. The van der Waals surface area contributed by atoms with Gasteiger partial charge in [0.2, 0.25) is 0 Å². The first-order valence-corrected chi connectivity index (χ1v) is 7.37. The molecule has 0 saturated heterocycles.